The van der Waals surface area contributed by atoms with Crippen molar-refractivity contribution in [1.29, 1.82) is 0 Å². The van der Waals surface area contributed by atoms with Gasteiger partial charge in [-0.1, -0.05) is 0 Å². The fourth-order valence-electron chi connectivity index (χ4n) is 0.395. The Balaban J connectivity index is 3.75. The third kappa shape index (κ3) is 5.75. The molecule has 0 aliphatic rings. The van der Waals surface area contributed by atoms with Gasteiger partial charge in [-0.25, -0.2) is 13.6 Å². The van der Waals surface area contributed by atoms with E-state index in [1.165, 1.54) is 7.11 Å². The Bertz CT molecular complexity index is 163. The smallest absolute Gasteiger partial charge is 0.211 e. The van der Waals surface area contributed by atoms with Gasteiger partial charge in [0.25, 0.3) is 0 Å². The van der Waals surface area contributed by atoms with E-state index in [1.54, 1.807) is 6.92 Å². The molecule has 0 heterocycles. The minimum absolute atomic E-state index is 0.122. The van der Waals surface area contributed by atoms with Crippen molar-refractivity contribution in [3.63, 3.8) is 0 Å². The number of ether oxygens (including phenoxy) is 1. The third-order valence-corrected chi connectivity index (χ3v) is 1.80. The van der Waals surface area contributed by atoms with E-state index < -0.39 is 10.0 Å². The normalized spacial score (nSPS) is 15.4. The predicted octanol–water partition coefficient (Wildman–Crippen LogP) is -0.690. The van der Waals surface area contributed by atoms with Gasteiger partial charge in [0.05, 0.1) is 11.9 Å². The number of sulfonamides is 1. The van der Waals surface area contributed by atoms with Crippen LogP contribution < -0.4 is 5.14 Å². The van der Waals surface area contributed by atoms with Gasteiger partial charge < -0.3 is 4.74 Å². The average Bonchev–Trinajstić information content (AvgIpc) is 1.62. The van der Waals surface area contributed by atoms with E-state index in [9.17, 15) is 8.42 Å². The van der Waals surface area contributed by atoms with E-state index in [0.29, 0.717) is 0 Å². The molecule has 1 atom stereocenters. The van der Waals surface area contributed by atoms with E-state index in [1.807, 2.05) is 0 Å². The minimum atomic E-state index is -3.36. The zero-order chi connectivity index (χ0) is 7.49. The summed E-state index contributed by atoms with van der Waals surface area (Å²) in [5.74, 6) is -0.122. The van der Waals surface area contributed by atoms with Crippen LogP contribution >= 0.6 is 0 Å². The average molecular weight is 153 g/mol. The molecule has 0 aromatic rings. The van der Waals surface area contributed by atoms with Crippen molar-refractivity contribution in [1.82, 2.24) is 0 Å². The summed E-state index contributed by atoms with van der Waals surface area (Å²) < 4.78 is 25.3. The van der Waals surface area contributed by atoms with Crippen molar-refractivity contribution >= 4 is 10.0 Å². The summed E-state index contributed by atoms with van der Waals surface area (Å²) in [5.41, 5.74) is 0. The zero-order valence-electron chi connectivity index (χ0n) is 5.49. The number of nitrogens with two attached hydrogens (primary N) is 1. The Morgan fingerprint density at radius 2 is 2.11 bits per heavy atom. The fourth-order valence-corrected chi connectivity index (χ4v) is 1.19. The molecule has 0 saturated heterocycles. The first kappa shape index (κ1) is 8.87. The quantitative estimate of drug-likeness (QED) is 0.583. The van der Waals surface area contributed by atoms with E-state index >= 15 is 0 Å². The Kier molecular flexibility index (Phi) is 3.10. The van der Waals surface area contributed by atoms with Crippen molar-refractivity contribution in [3.05, 3.63) is 0 Å². The molecule has 0 spiro atoms. The first-order valence-corrected chi connectivity index (χ1v) is 4.20. The Morgan fingerprint density at radius 3 is 2.22 bits per heavy atom. The number of hydrogen-bond donors (Lipinski definition) is 1. The van der Waals surface area contributed by atoms with Gasteiger partial charge in [-0.2, -0.15) is 0 Å². The van der Waals surface area contributed by atoms with E-state index in [0.717, 1.165) is 0 Å². The molecule has 0 amide bonds. The maximum atomic E-state index is 10.3. The molecule has 0 fully saturated rings. The molecular weight excluding hydrogens is 142 g/mol. The van der Waals surface area contributed by atoms with Crippen molar-refractivity contribution in [3.8, 4) is 0 Å². The molecule has 0 saturated carbocycles. The lowest BCUT2D eigenvalue weighted by molar-refractivity contribution is 0.136. The van der Waals surface area contributed by atoms with E-state index in [4.69, 9.17) is 5.14 Å². The fraction of sp³-hybridized carbons (Fsp3) is 1.00. The van der Waals surface area contributed by atoms with Gasteiger partial charge in [-0.3, -0.25) is 0 Å². The highest BCUT2D eigenvalue weighted by atomic mass is 32.2. The molecule has 0 bridgehead atoms. The number of primary sulfonamides is 1. The summed E-state index contributed by atoms with van der Waals surface area (Å²) in [7, 11) is -1.92. The lowest BCUT2D eigenvalue weighted by Crippen LogP contribution is -2.25. The highest BCUT2D eigenvalue weighted by Gasteiger charge is 2.08. The summed E-state index contributed by atoms with van der Waals surface area (Å²) >= 11 is 0. The van der Waals surface area contributed by atoms with Crippen LogP contribution in [-0.4, -0.2) is 27.4 Å². The van der Waals surface area contributed by atoms with Gasteiger partial charge in [0.2, 0.25) is 10.0 Å². The molecule has 0 radical (unpaired) electrons. The highest BCUT2D eigenvalue weighted by Crippen LogP contribution is 1.89. The van der Waals surface area contributed by atoms with Gasteiger partial charge in [0, 0.05) is 7.11 Å². The molecule has 0 aliphatic heterocycles. The first-order valence-electron chi connectivity index (χ1n) is 2.49. The van der Waals surface area contributed by atoms with Crippen LogP contribution in [-0.2, 0) is 14.8 Å². The SMILES string of the molecule is COC(C)CS(N)(=O)=O. The minimum Gasteiger partial charge on any atom is -0.381 e. The van der Waals surface area contributed by atoms with Crippen LogP contribution in [0.5, 0.6) is 0 Å². The molecule has 2 N–H and O–H groups in total. The van der Waals surface area contributed by atoms with Crippen molar-refractivity contribution in [2.75, 3.05) is 12.9 Å². The zero-order valence-corrected chi connectivity index (χ0v) is 6.31. The predicted molar refractivity (Wildman–Crippen MR) is 34.4 cm³/mol. The molecule has 0 aromatic heterocycles. The van der Waals surface area contributed by atoms with Gasteiger partial charge in [0.1, 0.15) is 0 Å². The monoisotopic (exact) mass is 153 g/mol. The third-order valence-electron chi connectivity index (χ3n) is 0.869. The van der Waals surface area contributed by atoms with Crippen molar-refractivity contribution in [2.24, 2.45) is 5.14 Å². The Morgan fingerprint density at radius 1 is 1.67 bits per heavy atom. The molecule has 9 heavy (non-hydrogen) atoms. The van der Waals surface area contributed by atoms with Crippen LogP contribution in [0.15, 0.2) is 0 Å². The number of rotatable bonds is 3. The second-order valence-corrected chi connectivity index (χ2v) is 3.53. The lowest BCUT2D eigenvalue weighted by atomic mass is 10.5. The largest absolute Gasteiger partial charge is 0.381 e. The van der Waals surface area contributed by atoms with Crippen LogP contribution in [0, 0.1) is 0 Å². The maximum Gasteiger partial charge on any atom is 0.211 e. The van der Waals surface area contributed by atoms with Gasteiger partial charge in [-0.05, 0) is 6.92 Å². The molecular formula is C4H11NO3S. The molecule has 56 valence electrons. The molecule has 1 unspecified atom stereocenters. The molecule has 0 aliphatic carbocycles. The maximum absolute atomic E-state index is 10.3. The van der Waals surface area contributed by atoms with Crippen LogP contribution in [0.4, 0.5) is 0 Å². The Labute approximate surface area is 55.0 Å². The van der Waals surface area contributed by atoms with Gasteiger partial charge in [-0.15, -0.1) is 0 Å². The second kappa shape index (κ2) is 3.14. The lowest BCUT2D eigenvalue weighted by Gasteiger charge is -2.05. The van der Waals surface area contributed by atoms with Crippen molar-refractivity contribution in [2.45, 2.75) is 13.0 Å². The van der Waals surface area contributed by atoms with Crippen LogP contribution in [0.1, 0.15) is 6.92 Å². The number of methoxy groups -OCH3 is 1. The van der Waals surface area contributed by atoms with E-state index in [-0.39, 0.29) is 11.9 Å². The topological polar surface area (TPSA) is 69.4 Å². The standard InChI is InChI=1S/C4H11NO3S/c1-4(8-2)3-9(5,6)7/h4H,3H2,1-2H3,(H2,5,6,7). The van der Waals surface area contributed by atoms with Crippen LogP contribution in [0.2, 0.25) is 0 Å². The molecule has 5 heteroatoms. The second-order valence-electron chi connectivity index (χ2n) is 1.88. The summed E-state index contributed by atoms with van der Waals surface area (Å²) in [6.45, 7) is 1.64. The van der Waals surface area contributed by atoms with Gasteiger partial charge >= 0.3 is 0 Å². The molecule has 0 aromatic carbocycles. The van der Waals surface area contributed by atoms with Gasteiger partial charge in [0.15, 0.2) is 0 Å². The summed E-state index contributed by atoms with van der Waals surface area (Å²) in [5, 5.41) is 4.70. The van der Waals surface area contributed by atoms with E-state index in [2.05, 4.69) is 4.74 Å². The van der Waals surface area contributed by atoms with Crippen LogP contribution in [0.25, 0.3) is 0 Å². The van der Waals surface area contributed by atoms with Crippen molar-refractivity contribution < 1.29 is 13.2 Å². The molecule has 4 nitrogen and oxygen atoms in total. The molecule has 0 rings (SSSR count). The number of hydrogen-bond acceptors (Lipinski definition) is 3. The first-order chi connectivity index (χ1) is 3.95. The summed E-state index contributed by atoms with van der Waals surface area (Å²) in [6, 6.07) is 0. The van der Waals surface area contributed by atoms with Crippen LogP contribution in [0.3, 0.4) is 0 Å². The Hall–Kier alpha value is -0.130. The summed E-state index contributed by atoms with van der Waals surface area (Å²) in [6.07, 6.45) is -0.319. The highest BCUT2D eigenvalue weighted by molar-refractivity contribution is 7.89. The summed E-state index contributed by atoms with van der Waals surface area (Å²) in [4.78, 5) is 0.